The molecule has 0 saturated heterocycles. The highest BCUT2D eigenvalue weighted by molar-refractivity contribution is 7.92. The summed E-state index contributed by atoms with van der Waals surface area (Å²) in [5.41, 5.74) is 2.46. The Hall–Kier alpha value is -2.94. The molecule has 1 amide bonds. The van der Waals surface area contributed by atoms with E-state index in [0.29, 0.717) is 17.2 Å². The Kier molecular flexibility index (Phi) is 7.93. The van der Waals surface area contributed by atoms with Gasteiger partial charge in [0.2, 0.25) is 15.9 Å². The summed E-state index contributed by atoms with van der Waals surface area (Å²) in [6, 6.07) is 10.5. The van der Waals surface area contributed by atoms with Gasteiger partial charge in [-0.3, -0.25) is 9.10 Å². The van der Waals surface area contributed by atoms with Crippen LogP contribution in [0.15, 0.2) is 36.4 Å². The van der Waals surface area contributed by atoms with E-state index in [1.165, 1.54) is 20.3 Å². The second-order valence-electron chi connectivity index (χ2n) is 6.78. The molecule has 0 aliphatic heterocycles. The van der Waals surface area contributed by atoms with Crippen molar-refractivity contribution in [1.29, 1.82) is 0 Å². The van der Waals surface area contributed by atoms with Gasteiger partial charge in [-0.05, 0) is 37.6 Å². The topological polar surface area (TPSA) is 94.2 Å². The first-order valence-electron chi connectivity index (χ1n) is 9.32. The molecular weight excluding hydrogens is 408 g/mol. The van der Waals surface area contributed by atoms with Crippen molar-refractivity contribution in [1.82, 2.24) is 5.32 Å². The number of hydrogen-bond donors (Lipinski definition) is 1. The van der Waals surface area contributed by atoms with Crippen molar-refractivity contribution in [2.24, 2.45) is 0 Å². The first-order valence-corrected chi connectivity index (χ1v) is 11.2. The van der Waals surface area contributed by atoms with E-state index >= 15 is 0 Å². The minimum Gasteiger partial charge on any atom is -0.493 e. The van der Waals surface area contributed by atoms with Crippen molar-refractivity contribution in [3.63, 3.8) is 0 Å². The number of nitrogens with one attached hydrogen (secondary N) is 1. The number of anilines is 1. The van der Waals surface area contributed by atoms with Gasteiger partial charge in [0, 0.05) is 6.07 Å². The SMILES string of the molecule is COc1ccc(N(CC(=O)NCCOc2ccc(C)cc2C)S(C)(=O)=O)cc1OC. The Labute approximate surface area is 177 Å². The third-order valence-corrected chi connectivity index (χ3v) is 5.50. The van der Waals surface area contributed by atoms with Crippen molar-refractivity contribution < 1.29 is 27.4 Å². The number of nitrogens with zero attached hydrogens (tertiary/aromatic N) is 1. The van der Waals surface area contributed by atoms with E-state index in [4.69, 9.17) is 14.2 Å². The smallest absolute Gasteiger partial charge is 0.240 e. The molecule has 0 unspecified atom stereocenters. The maximum absolute atomic E-state index is 12.3. The van der Waals surface area contributed by atoms with Crippen LogP contribution < -0.4 is 23.8 Å². The van der Waals surface area contributed by atoms with E-state index < -0.39 is 15.9 Å². The number of carbonyl (C=O) groups is 1. The summed E-state index contributed by atoms with van der Waals surface area (Å²) in [6.45, 7) is 4.11. The van der Waals surface area contributed by atoms with Gasteiger partial charge >= 0.3 is 0 Å². The molecule has 0 atom stereocenters. The predicted octanol–water partition coefficient (Wildman–Crippen LogP) is 2.28. The highest BCUT2D eigenvalue weighted by Crippen LogP contribution is 2.32. The average Bonchev–Trinajstić information content (AvgIpc) is 2.69. The molecule has 0 aliphatic carbocycles. The van der Waals surface area contributed by atoms with E-state index in [-0.39, 0.29) is 19.7 Å². The zero-order valence-corrected chi connectivity index (χ0v) is 18.7. The van der Waals surface area contributed by atoms with Gasteiger partial charge in [-0.25, -0.2) is 8.42 Å². The highest BCUT2D eigenvalue weighted by Gasteiger charge is 2.22. The van der Waals surface area contributed by atoms with Crippen LogP contribution in [0.1, 0.15) is 11.1 Å². The van der Waals surface area contributed by atoms with Crippen LogP contribution in [-0.4, -0.2) is 54.5 Å². The number of amides is 1. The third kappa shape index (κ3) is 6.28. The Morgan fingerprint density at radius 1 is 1.00 bits per heavy atom. The van der Waals surface area contributed by atoms with Crippen molar-refractivity contribution in [2.75, 3.05) is 44.5 Å². The van der Waals surface area contributed by atoms with E-state index in [9.17, 15) is 13.2 Å². The molecule has 0 fully saturated rings. The van der Waals surface area contributed by atoms with Crippen LogP contribution in [0, 0.1) is 13.8 Å². The number of carbonyl (C=O) groups excluding carboxylic acids is 1. The number of methoxy groups -OCH3 is 2. The number of benzene rings is 2. The lowest BCUT2D eigenvalue weighted by Gasteiger charge is -2.23. The Morgan fingerprint density at radius 3 is 2.27 bits per heavy atom. The van der Waals surface area contributed by atoms with Crippen LogP contribution in [0.25, 0.3) is 0 Å². The number of rotatable bonds is 10. The summed E-state index contributed by atoms with van der Waals surface area (Å²) >= 11 is 0. The normalized spacial score (nSPS) is 11.0. The fraction of sp³-hybridized carbons (Fsp3) is 0.381. The van der Waals surface area contributed by atoms with Gasteiger partial charge in [0.1, 0.15) is 18.9 Å². The molecule has 0 aliphatic rings. The maximum atomic E-state index is 12.3. The number of sulfonamides is 1. The second-order valence-corrected chi connectivity index (χ2v) is 8.68. The van der Waals surface area contributed by atoms with Gasteiger partial charge in [0.05, 0.1) is 32.7 Å². The first-order chi connectivity index (χ1) is 14.2. The quantitative estimate of drug-likeness (QED) is 0.575. The molecule has 0 aromatic heterocycles. The van der Waals surface area contributed by atoms with Crippen molar-refractivity contribution in [3.05, 3.63) is 47.5 Å². The summed E-state index contributed by atoms with van der Waals surface area (Å²) in [6.07, 6.45) is 1.04. The van der Waals surface area contributed by atoms with E-state index in [1.54, 1.807) is 12.1 Å². The average molecular weight is 437 g/mol. The molecule has 2 aromatic rings. The van der Waals surface area contributed by atoms with Crippen LogP contribution in [0.4, 0.5) is 5.69 Å². The third-order valence-electron chi connectivity index (χ3n) is 4.35. The van der Waals surface area contributed by atoms with Gasteiger partial charge in [-0.15, -0.1) is 0 Å². The molecule has 2 aromatic carbocycles. The van der Waals surface area contributed by atoms with Crippen molar-refractivity contribution in [2.45, 2.75) is 13.8 Å². The lowest BCUT2D eigenvalue weighted by molar-refractivity contribution is -0.119. The lowest BCUT2D eigenvalue weighted by Crippen LogP contribution is -2.41. The Balaban J connectivity index is 1.99. The fourth-order valence-corrected chi connectivity index (χ4v) is 3.73. The molecule has 2 rings (SSSR count). The molecule has 164 valence electrons. The molecule has 8 nitrogen and oxygen atoms in total. The van der Waals surface area contributed by atoms with Crippen LogP contribution in [-0.2, 0) is 14.8 Å². The monoisotopic (exact) mass is 436 g/mol. The van der Waals surface area contributed by atoms with E-state index in [1.807, 2.05) is 32.0 Å². The zero-order chi connectivity index (χ0) is 22.3. The molecule has 0 radical (unpaired) electrons. The summed E-state index contributed by atoms with van der Waals surface area (Å²) in [4.78, 5) is 12.3. The van der Waals surface area contributed by atoms with Crippen LogP contribution >= 0.6 is 0 Å². The molecule has 30 heavy (non-hydrogen) atoms. The van der Waals surface area contributed by atoms with Gasteiger partial charge in [0.25, 0.3) is 0 Å². The molecule has 9 heteroatoms. The number of ether oxygens (including phenoxy) is 3. The zero-order valence-electron chi connectivity index (χ0n) is 17.9. The Bertz CT molecular complexity index is 991. The highest BCUT2D eigenvalue weighted by atomic mass is 32.2. The molecule has 0 spiro atoms. The van der Waals surface area contributed by atoms with Gasteiger partial charge in [-0.2, -0.15) is 0 Å². The second kappa shape index (κ2) is 10.2. The minimum atomic E-state index is -3.70. The molecular formula is C21H28N2O6S. The van der Waals surface area contributed by atoms with E-state index in [2.05, 4.69) is 5.32 Å². The standard InChI is InChI=1S/C21H28N2O6S/c1-15-6-8-18(16(2)12-15)29-11-10-22-21(24)14-23(30(5,25)26)17-7-9-19(27-3)20(13-17)28-4/h6-9,12-13H,10-11,14H2,1-5H3,(H,22,24). The van der Waals surface area contributed by atoms with Crippen LogP contribution in [0.5, 0.6) is 17.2 Å². The Morgan fingerprint density at radius 2 is 1.67 bits per heavy atom. The van der Waals surface area contributed by atoms with Gasteiger partial charge < -0.3 is 19.5 Å². The predicted molar refractivity (Wildman–Crippen MR) is 116 cm³/mol. The first kappa shape index (κ1) is 23.3. The molecule has 0 saturated carbocycles. The summed E-state index contributed by atoms with van der Waals surface area (Å²) in [7, 11) is -0.757. The number of aryl methyl sites for hydroxylation is 2. The molecule has 0 heterocycles. The minimum absolute atomic E-state index is 0.246. The van der Waals surface area contributed by atoms with E-state index in [0.717, 1.165) is 27.4 Å². The van der Waals surface area contributed by atoms with Gasteiger partial charge in [0.15, 0.2) is 11.5 Å². The molecule has 1 N–H and O–H groups in total. The largest absolute Gasteiger partial charge is 0.493 e. The number of hydrogen-bond acceptors (Lipinski definition) is 6. The lowest BCUT2D eigenvalue weighted by atomic mass is 10.1. The summed E-state index contributed by atoms with van der Waals surface area (Å²) in [5, 5.41) is 2.68. The summed E-state index contributed by atoms with van der Waals surface area (Å²) in [5.74, 6) is 1.13. The van der Waals surface area contributed by atoms with Crippen molar-refractivity contribution in [3.8, 4) is 17.2 Å². The van der Waals surface area contributed by atoms with Crippen LogP contribution in [0.2, 0.25) is 0 Å². The fourth-order valence-electron chi connectivity index (χ4n) is 2.88. The van der Waals surface area contributed by atoms with Gasteiger partial charge in [-0.1, -0.05) is 17.7 Å². The summed E-state index contributed by atoms with van der Waals surface area (Å²) < 4.78 is 41.6. The maximum Gasteiger partial charge on any atom is 0.240 e. The van der Waals surface area contributed by atoms with Crippen LogP contribution in [0.3, 0.4) is 0 Å². The molecule has 0 bridgehead atoms. The van der Waals surface area contributed by atoms with Crippen molar-refractivity contribution >= 4 is 21.6 Å².